The number of hydrogen-bond donors (Lipinski definition) is 1. The molecule has 1 aliphatic rings. The Morgan fingerprint density at radius 1 is 1.07 bits per heavy atom. The molecule has 140 valence electrons. The fourth-order valence-electron chi connectivity index (χ4n) is 3.21. The molecule has 1 N–H and O–H groups in total. The van der Waals surface area contributed by atoms with E-state index in [4.69, 9.17) is 11.6 Å². The summed E-state index contributed by atoms with van der Waals surface area (Å²) in [6.45, 7) is 5.75. The van der Waals surface area contributed by atoms with Crippen molar-refractivity contribution in [1.82, 2.24) is 4.90 Å². The summed E-state index contributed by atoms with van der Waals surface area (Å²) in [7, 11) is 0. The number of anilines is 1. The van der Waals surface area contributed by atoms with E-state index < -0.39 is 23.8 Å². The molecule has 5 nitrogen and oxygen atoms in total. The number of carbonyl (C=O) groups is 3. The van der Waals surface area contributed by atoms with Crippen molar-refractivity contribution >= 4 is 35.0 Å². The Bertz CT molecular complexity index is 888. The van der Waals surface area contributed by atoms with Crippen LogP contribution in [0.2, 0.25) is 5.02 Å². The molecule has 0 unspecified atom stereocenters. The van der Waals surface area contributed by atoms with Crippen LogP contribution in [0, 0.1) is 12.8 Å². The van der Waals surface area contributed by atoms with Crippen molar-refractivity contribution in [2.24, 2.45) is 5.92 Å². The summed E-state index contributed by atoms with van der Waals surface area (Å²) in [6, 6.07) is 10.9. The molecule has 1 aliphatic heterocycles. The molecule has 27 heavy (non-hydrogen) atoms. The van der Waals surface area contributed by atoms with Crippen LogP contribution in [-0.2, 0) is 4.79 Å². The molecule has 0 saturated carbocycles. The number of amides is 3. The molecule has 0 spiro atoms. The monoisotopic (exact) mass is 384 g/mol. The Kier molecular flexibility index (Phi) is 5.33. The van der Waals surface area contributed by atoms with Crippen LogP contribution in [0.5, 0.6) is 0 Å². The molecule has 0 bridgehead atoms. The molecule has 1 heterocycles. The van der Waals surface area contributed by atoms with Gasteiger partial charge in [0.25, 0.3) is 11.8 Å². The first-order valence-corrected chi connectivity index (χ1v) is 9.21. The summed E-state index contributed by atoms with van der Waals surface area (Å²) in [4.78, 5) is 39.7. The van der Waals surface area contributed by atoms with Crippen LogP contribution >= 0.6 is 11.6 Å². The Hall–Kier alpha value is -2.66. The maximum absolute atomic E-state index is 13.0. The number of aryl methyl sites for hydroxylation is 1. The molecule has 0 radical (unpaired) electrons. The van der Waals surface area contributed by atoms with Gasteiger partial charge in [0.15, 0.2) is 0 Å². The third kappa shape index (κ3) is 3.74. The lowest BCUT2D eigenvalue weighted by atomic mass is 10.0. The minimum absolute atomic E-state index is 0.116. The average Bonchev–Trinajstić information content (AvgIpc) is 2.87. The Morgan fingerprint density at radius 3 is 2.22 bits per heavy atom. The Morgan fingerprint density at radius 2 is 1.67 bits per heavy atom. The normalized spacial score (nSPS) is 14.5. The van der Waals surface area contributed by atoms with E-state index in [-0.39, 0.29) is 5.92 Å². The summed E-state index contributed by atoms with van der Waals surface area (Å²) in [6.07, 6.45) is 0.372. The first-order chi connectivity index (χ1) is 12.8. The zero-order chi connectivity index (χ0) is 19.7. The highest BCUT2D eigenvalue weighted by atomic mass is 35.5. The minimum atomic E-state index is -0.893. The van der Waals surface area contributed by atoms with Gasteiger partial charge in [-0.1, -0.05) is 43.6 Å². The van der Waals surface area contributed by atoms with Crippen molar-refractivity contribution in [2.45, 2.75) is 33.2 Å². The molecule has 1 atom stereocenters. The highest BCUT2D eigenvalue weighted by Gasteiger charge is 2.42. The molecule has 2 aromatic rings. The van der Waals surface area contributed by atoms with Crippen molar-refractivity contribution in [3.8, 4) is 0 Å². The van der Waals surface area contributed by atoms with Gasteiger partial charge in [0, 0.05) is 10.7 Å². The van der Waals surface area contributed by atoms with Gasteiger partial charge in [0.1, 0.15) is 6.04 Å². The van der Waals surface area contributed by atoms with Crippen molar-refractivity contribution in [1.29, 1.82) is 0 Å². The van der Waals surface area contributed by atoms with E-state index in [1.165, 1.54) is 0 Å². The number of fused-ring (bicyclic) bond motifs is 1. The number of benzene rings is 2. The quantitative estimate of drug-likeness (QED) is 0.781. The molecule has 0 fully saturated rings. The molecule has 0 aromatic heterocycles. The number of halogens is 1. The zero-order valence-corrected chi connectivity index (χ0v) is 16.2. The predicted octanol–water partition coefficient (Wildman–Crippen LogP) is 4.30. The van der Waals surface area contributed by atoms with Gasteiger partial charge in [0.2, 0.25) is 5.91 Å². The molecular weight excluding hydrogens is 364 g/mol. The second-order valence-corrected chi connectivity index (χ2v) is 7.56. The van der Waals surface area contributed by atoms with Gasteiger partial charge in [-0.3, -0.25) is 19.3 Å². The fourth-order valence-corrected chi connectivity index (χ4v) is 3.38. The summed E-state index contributed by atoms with van der Waals surface area (Å²) < 4.78 is 0. The van der Waals surface area contributed by atoms with Crippen LogP contribution in [-0.4, -0.2) is 28.7 Å². The number of nitrogens with zero attached hydrogens (tertiary/aromatic N) is 1. The van der Waals surface area contributed by atoms with E-state index in [0.717, 1.165) is 10.5 Å². The summed E-state index contributed by atoms with van der Waals surface area (Å²) in [5, 5.41) is 3.33. The van der Waals surface area contributed by atoms with Gasteiger partial charge < -0.3 is 5.32 Å². The van der Waals surface area contributed by atoms with Gasteiger partial charge in [-0.15, -0.1) is 0 Å². The standard InChI is InChI=1S/C21H21ClN2O3/c1-12(2)10-18(19(25)23-17-11-14(22)9-8-13(17)3)24-20(26)15-6-4-5-7-16(15)21(24)27/h4-9,11-12,18H,10H2,1-3H3,(H,23,25)/t18-/m0/s1. The lowest BCUT2D eigenvalue weighted by Crippen LogP contribution is -2.48. The third-order valence-electron chi connectivity index (χ3n) is 4.59. The molecule has 0 saturated heterocycles. The number of hydrogen-bond acceptors (Lipinski definition) is 3. The molecular formula is C21H21ClN2O3. The SMILES string of the molecule is Cc1ccc(Cl)cc1NC(=O)[C@H](CC(C)C)N1C(=O)c2ccccc2C1=O. The molecule has 6 heteroatoms. The number of carbonyl (C=O) groups excluding carboxylic acids is 3. The van der Waals surface area contributed by atoms with E-state index in [9.17, 15) is 14.4 Å². The van der Waals surface area contributed by atoms with E-state index in [1.54, 1.807) is 42.5 Å². The van der Waals surface area contributed by atoms with Gasteiger partial charge in [-0.25, -0.2) is 0 Å². The number of nitrogens with one attached hydrogen (secondary N) is 1. The number of rotatable bonds is 5. The van der Waals surface area contributed by atoms with Crippen molar-refractivity contribution in [3.05, 3.63) is 64.2 Å². The van der Waals surface area contributed by atoms with E-state index in [1.807, 2.05) is 20.8 Å². The van der Waals surface area contributed by atoms with E-state index in [2.05, 4.69) is 5.32 Å². The van der Waals surface area contributed by atoms with Crippen LogP contribution in [0.25, 0.3) is 0 Å². The molecule has 0 aliphatic carbocycles. The van der Waals surface area contributed by atoms with Crippen molar-refractivity contribution in [2.75, 3.05) is 5.32 Å². The van der Waals surface area contributed by atoms with E-state index >= 15 is 0 Å². The van der Waals surface area contributed by atoms with Crippen molar-refractivity contribution < 1.29 is 14.4 Å². The van der Waals surface area contributed by atoms with Crippen LogP contribution in [0.4, 0.5) is 5.69 Å². The minimum Gasteiger partial charge on any atom is -0.324 e. The first-order valence-electron chi connectivity index (χ1n) is 8.83. The Labute approximate surface area is 163 Å². The maximum Gasteiger partial charge on any atom is 0.262 e. The van der Waals surface area contributed by atoms with E-state index in [0.29, 0.717) is 28.3 Å². The lowest BCUT2D eigenvalue weighted by molar-refractivity contribution is -0.120. The molecule has 3 rings (SSSR count). The van der Waals surface area contributed by atoms with Crippen molar-refractivity contribution in [3.63, 3.8) is 0 Å². The maximum atomic E-state index is 13.0. The molecule has 3 amide bonds. The molecule has 2 aromatic carbocycles. The van der Waals surface area contributed by atoms with Crippen LogP contribution in [0.15, 0.2) is 42.5 Å². The largest absolute Gasteiger partial charge is 0.324 e. The average molecular weight is 385 g/mol. The van der Waals surface area contributed by atoms with Crippen LogP contribution in [0.3, 0.4) is 0 Å². The first kappa shape index (κ1) is 19.1. The predicted molar refractivity (Wildman–Crippen MR) is 105 cm³/mol. The van der Waals surface area contributed by atoms with Gasteiger partial charge in [-0.2, -0.15) is 0 Å². The number of imide groups is 1. The summed E-state index contributed by atoms with van der Waals surface area (Å²) >= 11 is 6.03. The highest BCUT2D eigenvalue weighted by Crippen LogP contribution is 2.28. The van der Waals surface area contributed by atoms with Crippen LogP contribution < -0.4 is 5.32 Å². The smallest absolute Gasteiger partial charge is 0.262 e. The highest BCUT2D eigenvalue weighted by molar-refractivity contribution is 6.31. The fraction of sp³-hybridized carbons (Fsp3) is 0.286. The topological polar surface area (TPSA) is 66.5 Å². The Balaban J connectivity index is 1.93. The second-order valence-electron chi connectivity index (χ2n) is 7.12. The van der Waals surface area contributed by atoms with Gasteiger partial charge >= 0.3 is 0 Å². The second kappa shape index (κ2) is 7.53. The third-order valence-corrected chi connectivity index (χ3v) is 4.83. The summed E-state index contributed by atoms with van der Waals surface area (Å²) in [5.41, 5.74) is 2.09. The summed E-state index contributed by atoms with van der Waals surface area (Å²) in [5.74, 6) is -1.15. The zero-order valence-electron chi connectivity index (χ0n) is 15.5. The van der Waals surface area contributed by atoms with Gasteiger partial charge in [0.05, 0.1) is 11.1 Å². The van der Waals surface area contributed by atoms with Crippen LogP contribution in [0.1, 0.15) is 46.5 Å². The van der Waals surface area contributed by atoms with Gasteiger partial charge in [-0.05, 0) is 49.1 Å². The lowest BCUT2D eigenvalue weighted by Gasteiger charge is -2.27.